The highest BCUT2D eigenvalue weighted by molar-refractivity contribution is 7.90. The van der Waals surface area contributed by atoms with Crippen LogP contribution in [0.4, 0.5) is 0 Å². The molecular formula is C13H24N2O4S. The fourth-order valence-electron chi connectivity index (χ4n) is 2.34. The molecule has 3 atom stereocenters. The number of nitrogens with zero attached hydrogens (tertiary/aromatic N) is 1. The molecule has 0 spiro atoms. The van der Waals surface area contributed by atoms with Gasteiger partial charge in [0.2, 0.25) is 11.8 Å². The molecular weight excluding hydrogens is 280 g/mol. The minimum absolute atomic E-state index is 0.0324. The van der Waals surface area contributed by atoms with E-state index in [-0.39, 0.29) is 30.0 Å². The van der Waals surface area contributed by atoms with Gasteiger partial charge in [0.05, 0.1) is 5.75 Å². The second-order valence-corrected chi connectivity index (χ2v) is 7.72. The van der Waals surface area contributed by atoms with E-state index in [2.05, 4.69) is 5.32 Å². The molecule has 0 bridgehead atoms. The minimum Gasteiger partial charge on any atom is -0.342 e. The first kappa shape index (κ1) is 16.9. The van der Waals surface area contributed by atoms with Gasteiger partial charge in [-0.05, 0) is 12.3 Å². The number of hydrogen-bond acceptors (Lipinski definition) is 4. The van der Waals surface area contributed by atoms with Crippen molar-refractivity contribution in [3.05, 3.63) is 0 Å². The van der Waals surface area contributed by atoms with Crippen molar-refractivity contribution in [2.75, 3.05) is 18.6 Å². The molecule has 20 heavy (non-hydrogen) atoms. The van der Waals surface area contributed by atoms with Crippen molar-refractivity contribution in [3.8, 4) is 0 Å². The SMILES string of the molecule is CCC(C)C1NC(=O)C(CC)N(CCS(C)(=O)=O)C1=O. The summed E-state index contributed by atoms with van der Waals surface area (Å²) in [6.45, 7) is 5.76. The van der Waals surface area contributed by atoms with E-state index in [1.165, 1.54) is 4.90 Å². The summed E-state index contributed by atoms with van der Waals surface area (Å²) in [5.74, 6) is -0.444. The van der Waals surface area contributed by atoms with E-state index in [1.807, 2.05) is 20.8 Å². The van der Waals surface area contributed by atoms with Crippen LogP contribution in [0.25, 0.3) is 0 Å². The van der Waals surface area contributed by atoms with Gasteiger partial charge in [-0.3, -0.25) is 9.59 Å². The number of carbonyl (C=O) groups is 2. The maximum absolute atomic E-state index is 12.5. The van der Waals surface area contributed by atoms with Crippen LogP contribution in [0.2, 0.25) is 0 Å². The highest BCUT2D eigenvalue weighted by Gasteiger charge is 2.41. The third-order valence-electron chi connectivity index (χ3n) is 3.83. The van der Waals surface area contributed by atoms with E-state index < -0.39 is 21.9 Å². The summed E-state index contributed by atoms with van der Waals surface area (Å²) >= 11 is 0. The Hall–Kier alpha value is -1.11. The Labute approximate surface area is 120 Å². The van der Waals surface area contributed by atoms with Gasteiger partial charge < -0.3 is 10.2 Å². The number of piperazine rings is 1. The molecule has 3 unspecified atom stereocenters. The lowest BCUT2D eigenvalue weighted by molar-refractivity contribution is -0.150. The van der Waals surface area contributed by atoms with E-state index >= 15 is 0 Å². The van der Waals surface area contributed by atoms with Crippen molar-refractivity contribution in [3.63, 3.8) is 0 Å². The maximum atomic E-state index is 12.5. The summed E-state index contributed by atoms with van der Waals surface area (Å²) in [7, 11) is -3.16. The molecule has 0 saturated carbocycles. The largest absolute Gasteiger partial charge is 0.342 e. The van der Waals surface area contributed by atoms with Crippen LogP contribution in [-0.2, 0) is 19.4 Å². The first-order valence-electron chi connectivity index (χ1n) is 6.99. The van der Waals surface area contributed by atoms with Crippen molar-refractivity contribution < 1.29 is 18.0 Å². The summed E-state index contributed by atoms with van der Waals surface area (Å²) in [5, 5.41) is 2.77. The van der Waals surface area contributed by atoms with Gasteiger partial charge in [0.25, 0.3) is 0 Å². The molecule has 1 N–H and O–H groups in total. The van der Waals surface area contributed by atoms with E-state index in [9.17, 15) is 18.0 Å². The first-order valence-corrected chi connectivity index (χ1v) is 9.05. The molecule has 7 heteroatoms. The molecule has 0 aromatic carbocycles. The van der Waals surface area contributed by atoms with Crippen LogP contribution >= 0.6 is 0 Å². The van der Waals surface area contributed by atoms with Crippen LogP contribution < -0.4 is 5.32 Å². The summed E-state index contributed by atoms with van der Waals surface area (Å²) in [6, 6.07) is -1.11. The van der Waals surface area contributed by atoms with Crippen LogP contribution in [0.1, 0.15) is 33.6 Å². The van der Waals surface area contributed by atoms with E-state index in [0.29, 0.717) is 6.42 Å². The summed E-state index contributed by atoms with van der Waals surface area (Å²) in [6.07, 6.45) is 2.39. The minimum atomic E-state index is -3.16. The van der Waals surface area contributed by atoms with Crippen LogP contribution in [-0.4, -0.2) is 55.8 Å². The Bertz CT molecular complexity index is 475. The highest BCUT2D eigenvalue weighted by Crippen LogP contribution is 2.19. The Balaban J connectivity index is 2.94. The zero-order valence-electron chi connectivity index (χ0n) is 12.5. The Kier molecular flexibility index (Phi) is 5.56. The normalized spacial score (nSPS) is 25.5. The maximum Gasteiger partial charge on any atom is 0.246 e. The Morgan fingerprint density at radius 3 is 2.35 bits per heavy atom. The van der Waals surface area contributed by atoms with Crippen molar-refractivity contribution in [2.24, 2.45) is 5.92 Å². The van der Waals surface area contributed by atoms with Crippen LogP contribution in [0, 0.1) is 5.92 Å². The smallest absolute Gasteiger partial charge is 0.246 e. The fourth-order valence-corrected chi connectivity index (χ4v) is 2.87. The Morgan fingerprint density at radius 1 is 1.30 bits per heavy atom. The van der Waals surface area contributed by atoms with Crippen LogP contribution in [0.3, 0.4) is 0 Å². The van der Waals surface area contributed by atoms with Gasteiger partial charge in [0, 0.05) is 12.8 Å². The number of amides is 2. The monoisotopic (exact) mass is 304 g/mol. The van der Waals surface area contributed by atoms with Gasteiger partial charge in [-0.25, -0.2) is 8.42 Å². The number of rotatable bonds is 6. The molecule has 1 heterocycles. The zero-order valence-corrected chi connectivity index (χ0v) is 13.4. The zero-order chi connectivity index (χ0) is 15.5. The quantitative estimate of drug-likeness (QED) is 0.759. The van der Waals surface area contributed by atoms with Gasteiger partial charge >= 0.3 is 0 Å². The third kappa shape index (κ3) is 3.94. The van der Waals surface area contributed by atoms with Crippen molar-refractivity contribution in [2.45, 2.75) is 45.7 Å². The molecule has 6 nitrogen and oxygen atoms in total. The molecule has 0 radical (unpaired) electrons. The highest BCUT2D eigenvalue weighted by atomic mass is 32.2. The van der Waals surface area contributed by atoms with Gasteiger partial charge in [-0.15, -0.1) is 0 Å². The topological polar surface area (TPSA) is 83.6 Å². The summed E-state index contributed by atoms with van der Waals surface area (Å²) in [5.41, 5.74) is 0. The lowest BCUT2D eigenvalue weighted by Crippen LogP contribution is -2.65. The number of carbonyl (C=O) groups excluding carboxylic acids is 2. The molecule has 1 aliphatic heterocycles. The van der Waals surface area contributed by atoms with Gasteiger partial charge in [0.1, 0.15) is 21.9 Å². The van der Waals surface area contributed by atoms with Crippen molar-refractivity contribution >= 4 is 21.7 Å². The third-order valence-corrected chi connectivity index (χ3v) is 4.75. The fraction of sp³-hybridized carbons (Fsp3) is 0.846. The molecule has 1 aliphatic rings. The number of hydrogen-bond donors (Lipinski definition) is 1. The molecule has 116 valence electrons. The first-order chi connectivity index (χ1) is 9.21. The van der Waals surface area contributed by atoms with Gasteiger partial charge in [-0.1, -0.05) is 27.2 Å². The number of nitrogens with one attached hydrogen (secondary N) is 1. The predicted octanol–water partition coefficient (Wildman–Crippen LogP) is 0.183. The molecule has 1 rings (SSSR count). The van der Waals surface area contributed by atoms with Crippen LogP contribution in [0.5, 0.6) is 0 Å². The molecule has 1 fully saturated rings. The predicted molar refractivity (Wildman–Crippen MR) is 76.9 cm³/mol. The Morgan fingerprint density at radius 2 is 1.90 bits per heavy atom. The number of sulfone groups is 1. The average Bonchev–Trinajstić information content (AvgIpc) is 2.37. The lowest BCUT2D eigenvalue weighted by Gasteiger charge is -2.40. The average molecular weight is 304 g/mol. The molecule has 1 saturated heterocycles. The van der Waals surface area contributed by atoms with Crippen molar-refractivity contribution in [1.29, 1.82) is 0 Å². The second kappa shape index (κ2) is 6.56. The van der Waals surface area contributed by atoms with E-state index in [4.69, 9.17) is 0 Å². The molecule has 0 aromatic rings. The standard InChI is InChI=1S/C13H24N2O4S/c1-5-9(3)11-13(17)15(7-8-20(4,18)19)10(6-2)12(16)14-11/h9-11H,5-8H2,1-4H3,(H,14,16). The van der Waals surface area contributed by atoms with Crippen molar-refractivity contribution in [1.82, 2.24) is 10.2 Å². The molecule has 0 aromatic heterocycles. The van der Waals surface area contributed by atoms with Crippen LogP contribution in [0.15, 0.2) is 0 Å². The van der Waals surface area contributed by atoms with Gasteiger partial charge in [0.15, 0.2) is 0 Å². The summed E-state index contributed by atoms with van der Waals surface area (Å²) in [4.78, 5) is 26.0. The van der Waals surface area contributed by atoms with Gasteiger partial charge in [-0.2, -0.15) is 0 Å². The molecule has 2 amide bonds. The van der Waals surface area contributed by atoms with E-state index in [0.717, 1.165) is 12.7 Å². The molecule has 0 aliphatic carbocycles. The van der Waals surface area contributed by atoms with E-state index in [1.54, 1.807) is 0 Å². The second-order valence-electron chi connectivity index (χ2n) is 5.46. The summed E-state index contributed by atoms with van der Waals surface area (Å²) < 4.78 is 22.6. The lowest BCUT2D eigenvalue weighted by atomic mass is 9.93.